The van der Waals surface area contributed by atoms with Crippen molar-refractivity contribution in [1.82, 2.24) is 10.2 Å². The molecule has 0 amide bonds. The molecule has 1 heterocycles. The number of nitrogens with zero attached hydrogens (tertiary/aromatic N) is 2. The highest BCUT2D eigenvalue weighted by Gasteiger charge is 2.17. The average molecular weight is 570 g/mol. The normalized spacial score (nSPS) is 14.1. The van der Waals surface area contributed by atoms with Crippen LogP contribution in [0.2, 0.25) is 0 Å². The van der Waals surface area contributed by atoms with Crippen molar-refractivity contribution in [1.29, 1.82) is 0 Å². The molecule has 33 heavy (non-hydrogen) atoms. The van der Waals surface area contributed by atoms with Gasteiger partial charge in [-0.25, -0.2) is 0 Å². The first kappa shape index (κ1) is 26.8. The Bertz CT molecular complexity index is 923. The number of ether oxygens (including phenoxy) is 4. The monoisotopic (exact) mass is 570 g/mol. The van der Waals surface area contributed by atoms with Gasteiger partial charge in [0, 0.05) is 24.7 Å². The van der Waals surface area contributed by atoms with E-state index in [0.717, 1.165) is 35.7 Å². The van der Waals surface area contributed by atoms with Gasteiger partial charge >= 0.3 is 0 Å². The molecular weight excluding hydrogens is 535 g/mol. The fraction of sp³-hybridized carbons (Fsp3) is 0.458. The Morgan fingerprint density at radius 1 is 1.03 bits per heavy atom. The van der Waals surface area contributed by atoms with Crippen LogP contribution < -0.4 is 29.6 Å². The van der Waals surface area contributed by atoms with Gasteiger partial charge in [0.15, 0.2) is 29.0 Å². The van der Waals surface area contributed by atoms with Gasteiger partial charge < -0.3 is 34.5 Å². The molecule has 1 unspecified atom stereocenters. The van der Waals surface area contributed by atoms with Crippen LogP contribution in [-0.4, -0.2) is 65.5 Å². The highest BCUT2D eigenvalue weighted by atomic mass is 127. The van der Waals surface area contributed by atoms with Crippen molar-refractivity contribution in [2.45, 2.75) is 19.4 Å². The third-order valence-electron chi connectivity index (χ3n) is 5.19. The van der Waals surface area contributed by atoms with E-state index in [4.69, 9.17) is 23.9 Å². The minimum absolute atomic E-state index is 0. The van der Waals surface area contributed by atoms with E-state index in [0.29, 0.717) is 37.2 Å². The maximum absolute atomic E-state index is 5.80. The lowest BCUT2D eigenvalue weighted by Crippen LogP contribution is -2.32. The number of benzene rings is 2. The van der Waals surface area contributed by atoms with E-state index >= 15 is 0 Å². The fourth-order valence-corrected chi connectivity index (χ4v) is 3.49. The van der Waals surface area contributed by atoms with Crippen molar-refractivity contribution in [3.8, 4) is 23.0 Å². The molecule has 1 aliphatic heterocycles. The zero-order chi connectivity index (χ0) is 22.9. The summed E-state index contributed by atoms with van der Waals surface area (Å²) in [5.74, 6) is 3.64. The van der Waals surface area contributed by atoms with Gasteiger partial charge in [0.1, 0.15) is 0 Å². The fourth-order valence-electron chi connectivity index (χ4n) is 3.49. The van der Waals surface area contributed by atoms with E-state index in [-0.39, 0.29) is 30.0 Å². The Morgan fingerprint density at radius 2 is 1.76 bits per heavy atom. The molecule has 1 atom stereocenters. The molecule has 0 bridgehead atoms. The van der Waals surface area contributed by atoms with Gasteiger partial charge in [-0.15, -0.1) is 24.0 Å². The topological polar surface area (TPSA) is 76.6 Å². The van der Waals surface area contributed by atoms with Gasteiger partial charge in [-0.1, -0.05) is 6.07 Å². The Hall–Kier alpha value is -2.40. The summed E-state index contributed by atoms with van der Waals surface area (Å²) >= 11 is 0. The molecule has 8 nitrogen and oxygen atoms in total. The Morgan fingerprint density at radius 3 is 2.42 bits per heavy atom. The summed E-state index contributed by atoms with van der Waals surface area (Å²) in [5.41, 5.74) is 1.99. The van der Waals surface area contributed by atoms with Gasteiger partial charge in [0.25, 0.3) is 0 Å². The van der Waals surface area contributed by atoms with E-state index in [9.17, 15) is 0 Å². The molecule has 0 saturated heterocycles. The van der Waals surface area contributed by atoms with E-state index < -0.39 is 0 Å². The van der Waals surface area contributed by atoms with Crippen LogP contribution in [0.1, 0.15) is 24.9 Å². The summed E-state index contributed by atoms with van der Waals surface area (Å²) in [6.45, 7) is 4.68. The number of anilines is 1. The van der Waals surface area contributed by atoms with Crippen LogP contribution in [0.25, 0.3) is 0 Å². The smallest absolute Gasteiger partial charge is 0.195 e. The first-order chi connectivity index (χ1) is 15.5. The number of aliphatic imine (C=N–C) groups is 1. The Balaban J connectivity index is 0.00000385. The Labute approximate surface area is 213 Å². The lowest BCUT2D eigenvalue weighted by atomic mass is 10.1. The third-order valence-corrected chi connectivity index (χ3v) is 5.19. The van der Waals surface area contributed by atoms with Gasteiger partial charge in [0.05, 0.1) is 40.0 Å². The SMILES string of the molecule is CCNC(=NCC(c1ccc(OC)c(OC)c1)N(C)C)Nc1ccc2c(c1)OCCCO2.I. The lowest BCUT2D eigenvalue weighted by molar-refractivity contribution is 0.297. The van der Waals surface area contributed by atoms with Crippen LogP contribution in [0.3, 0.4) is 0 Å². The number of fused-ring (bicyclic) bond motifs is 1. The number of nitrogens with one attached hydrogen (secondary N) is 2. The number of rotatable bonds is 8. The molecule has 2 aromatic rings. The van der Waals surface area contributed by atoms with Gasteiger partial charge in [0.2, 0.25) is 0 Å². The van der Waals surface area contributed by atoms with Crippen molar-refractivity contribution >= 4 is 35.6 Å². The second kappa shape index (κ2) is 13.3. The number of halogens is 1. The number of methoxy groups -OCH3 is 2. The van der Waals surface area contributed by atoms with E-state index in [1.165, 1.54) is 0 Å². The van der Waals surface area contributed by atoms with Gasteiger partial charge in [-0.2, -0.15) is 0 Å². The van der Waals surface area contributed by atoms with E-state index in [1.54, 1.807) is 14.2 Å². The predicted molar refractivity (Wildman–Crippen MR) is 143 cm³/mol. The van der Waals surface area contributed by atoms with Crippen LogP contribution in [0.15, 0.2) is 41.4 Å². The summed E-state index contributed by atoms with van der Waals surface area (Å²) < 4.78 is 22.4. The van der Waals surface area contributed by atoms with E-state index in [2.05, 4.69) is 15.5 Å². The molecule has 182 valence electrons. The molecule has 0 fully saturated rings. The molecule has 0 radical (unpaired) electrons. The molecule has 0 aliphatic carbocycles. The quantitative estimate of drug-likeness (QED) is 0.281. The standard InChI is InChI=1S/C24H34N4O4.HI/c1-6-25-24(27-18-9-11-21-23(15-18)32-13-7-12-31-21)26-16-19(28(2)3)17-8-10-20(29-4)22(14-17)30-5;/h8-11,14-15,19H,6-7,12-13,16H2,1-5H3,(H2,25,26,27);1H. The number of guanidine groups is 1. The summed E-state index contributed by atoms with van der Waals surface area (Å²) in [5, 5.41) is 6.69. The van der Waals surface area contributed by atoms with Crippen LogP contribution in [0.5, 0.6) is 23.0 Å². The summed E-state index contributed by atoms with van der Waals surface area (Å²) in [6.07, 6.45) is 0.879. The first-order valence-corrected chi connectivity index (χ1v) is 10.9. The molecule has 0 saturated carbocycles. The molecule has 3 rings (SSSR count). The zero-order valence-corrected chi connectivity index (χ0v) is 22.3. The highest BCUT2D eigenvalue weighted by Crippen LogP contribution is 2.33. The van der Waals surface area contributed by atoms with Crippen molar-refractivity contribution in [2.24, 2.45) is 4.99 Å². The number of hydrogen-bond donors (Lipinski definition) is 2. The van der Waals surface area contributed by atoms with Crippen LogP contribution in [0.4, 0.5) is 5.69 Å². The molecule has 2 N–H and O–H groups in total. The van der Waals surface area contributed by atoms with Crippen LogP contribution in [-0.2, 0) is 0 Å². The van der Waals surface area contributed by atoms with Crippen molar-refractivity contribution < 1.29 is 18.9 Å². The van der Waals surface area contributed by atoms with Crippen molar-refractivity contribution in [3.05, 3.63) is 42.0 Å². The minimum atomic E-state index is 0. The van der Waals surface area contributed by atoms with Crippen molar-refractivity contribution in [2.75, 3.05) is 59.9 Å². The maximum Gasteiger partial charge on any atom is 0.195 e. The second-order valence-corrected chi connectivity index (χ2v) is 7.65. The summed E-state index contributed by atoms with van der Waals surface area (Å²) in [4.78, 5) is 6.98. The zero-order valence-electron chi connectivity index (χ0n) is 20.0. The lowest BCUT2D eigenvalue weighted by Gasteiger charge is -2.24. The number of likely N-dealkylation sites (N-methyl/N-ethyl adjacent to an activating group) is 1. The van der Waals surface area contributed by atoms with Crippen LogP contribution >= 0.6 is 24.0 Å². The van der Waals surface area contributed by atoms with Crippen LogP contribution in [0, 0.1) is 0 Å². The van der Waals surface area contributed by atoms with Crippen molar-refractivity contribution in [3.63, 3.8) is 0 Å². The third kappa shape index (κ3) is 7.29. The van der Waals surface area contributed by atoms with Gasteiger partial charge in [-0.3, -0.25) is 4.99 Å². The predicted octanol–water partition coefficient (Wildman–Crippen LogP) is 4.16. The molecule has 9 heteroatoms. The molecule has 0 spiro atoms. The number of hydrogen-bond acceptors (Lipinski definition) is 6. The van der Waals surface area contributed by atoms with Gasteiger partial charge in [-0.05, 0) is 50.8 Å². The molecular formula is C24H35IN4O4. The average Bonchev–Trinajstić information content (AvgIpc) is 3.04. The Kier molecular flexibility index (Phi) is 10.9. The maximum atomic E-state index is 5.80. The van der Waals surface area contributed by atoms with E-state index in [1.807, 2.05) is 57.4 Å². The second-order valence-electron chi connectivity index (χ2n) is 7.65. The minimum Gasteiger partial charge on any atom is -0.493 e. The highest BCUT2D eigenvalue weighted by molar-refractivity contribution is 14.0. The summed E-state index contributed by atoms with van der Waals surface area (Å²) in [6, 6.07) is 11.9. The summed E-state index contributed by atoms with van der Waals surface area (Å²) in [7, 11) is 7.37. The molecule has 1 aliphatic rings. The first-order valence-electron chi connectivity index (χ1n) is 10.9. The largest absolute Gasteiger partial charge is 0.493 e. The molecule has 2 aromatic carbocycles. The molecule has 0 aromatic heterocycles.